The summed E-state index contributed by atoms with van der Waals surface area (Å²) in [4.78, 5) is 11.9. The summed E-state index contributed by atoms with van der Waals surface area (Å²) in [5.74, 6) is 2.01. The second-order valence-electron chi connectivity index (χ2n) is 4.54. The van der Waals surface area contributed by atoms with E-state index in [9.17, 15) is 4.79 Å². The molecule has 0 unspecified atom stereocenters. The van der Waals surface area contributed by atoms with Crippen molar-refractivity contribution in [1.82, 2.24) is 0 Å². The molecule has 0 saturated heterocycles. The summed E-state index contributed by atoms with van der Waals surface area (Å²) < 4.78 is 22.1. The lowest BCUT2D eigenvalue weighted by Crippen LogP contribution is -2.02. The monoisotopic (exact) mass is 274 g/mol. The number of hydrogen-bond donors (Lipinski definition) is 0. The summed E-state index contributed by atoms with van der Waals surface area (Å²) in [5.41, 5.74) is 1.22. The fourth-order valence-corrected chi connectivity index (χ4v) is 2.50. The molecule has 0 N–H and O–H groups in total. The highest BCUT2D eigenvalue weighted by molar-refractivity contribution is 5.99. The van der Waals surface area contributed by atoms with Gasteiger partial charge in [0.05, 0.1) is 25.9 Å². The summed E-state index contributed by atoms with van der Waals surface area (Å²) in [5, 5.41) is 0.763. The lowest BCUT2D eigenvalue weighted by Gasteiger charge is -2.16. The standard InChI is InChI=1S/C15H14O5/c1-8-6-9(16)7-11-12(17-2)10-4-5-19-13(10)15(18-3)14(11)20-8/h4-6H,7H2,1-3H3. The minimum Gasteiger partial charge on any atom is -0.496 e. The molecule has 1 aliphatic heterocycles. The van der Waals surface area contributed by atoms with Gasteiger partial charge in [-0.05, 0) is 13.0 Å². The Balaban J connectivity index is 2.39. The fraction of sp³-hybridized carbons (Fsp3) is 0.267. The van der Waals surface area contributed by atoms with E-state index in [-0.39, 0.29) is 12.2 Å². The molecule has 20 heavy (non-hydrogen) atoms. The highest BCUT2D eigenvalue weighted by Crippen LogP contribution is 2.47. The van der Waals surface area contributed by atoms with E-state index in [1.807, 2.05) is 0 Å². The van der Waals surface area contributed by atoms with Gasteiger partial charge >= 0.3 is 0 Å². The number of rotatable bonds is 2. The maximum Gasteiger partial charge on any atom is 0.205 e. The second-order valence-corrected chi connectivity index (χ2v) is 4.54. The van der Waals surface area contributed by atoms with Gasteiger partial charge in [-0.1, -0.05) is 0 Å². The summed E-state index contributed by atoms with van der Waals surface area (Å²) in [6, 6.07) is 1.78. The molecule has 0 spiro atoms. The normalized spacial score (nSPS) is 14.3. The van der Waals surface area contributed by atoms with Gasteiger partial charge < -0.3 is 18.6 Å². The van der Waals surface area contributed by atoms with Crippen LogP contribution in [0.2, 0.25) is 0 Å². The van der Waals surface area contributed by atoms with E-state index in [2.05, 4.69) is 0 Å². The SMILES string of the molecule is COc1c2c(c(OC)c3occc13)OC(C)=CC(=O)C2. The highest BCUT2D eigenvalue weighted by atomic mass is 16.5. The maximum atomic E-state index is 11.9. The Hall–Kier alpha value is -2.43. The Kier molecular flexibility index (Phi) is 2.89. The van der Waals surface area contributed by atoms with Crippen LogP contribution in [0.4, 0.5) is 0 Å². The van der Waals surface area contributed by atoms with Gasteiger partial charge in [-0.15, -0.1) is 0 Å². The Morgan fingerprint density at radius 1 is 1.20 bits per heavy atom. The van der Waals surface area contributed by atoms with Crippen LogP contribution in [0.5, 0.6) is 17.2 Å². The van der Waals surface area contributed by atoms with Crippen LogP contribution >= 0.6 is 0 Å². The molecule has 5 heteroatoms. The van der Waals surface area contributed by atoms with Crippen molar-refractivity contribution < 1.29 is 23.4 Å². The van der Waals surface area contributed by atoms with Crippen molar-refractivity contribution >= 4 is 16.8 Å². The van der Waals surface area contributed by atoms with E-state index >= 15 is 0 Å². The van der Waals surface area contributed by atoms with Gasteiger partial charge in [-0.2, -0.15) is 0 Å². The van der Waals surface area contributed by atoms with E-state index in [4.69, 9.17) is 18.6 Å². The molecule has 0 aliphatic carbocycles. The Morgan fingerprint density at radius 2 is 1.95 bits per heavy atom. The van der Waals surface area contributed by atoms with Crippen molar-refractivity contribution in [2.24, 2.45) is 0 Å². The van der Waals surface area contributed by atoms with E-state index in [0.717, 1.165) is 5.39 Å². The minimum absolute atomic E-state index is 0.0375. The first-order valence-corrected chi connectivity index (χ1v) is 6.18. The summed E-state index contributed by atoms with van der Waals surface area (Å²) in [7, 11) is 3.10. The van der Waals surface area contributed by atoms with Gasteiger partial charge in [0.1, 0.15) is 11.5 Å². The predicted octanol–water partition coefficient (Wildman–Crippen LogP) is 2.86. The van der Waals surface area contributed by atoms with E-state index < -0.39 is 0 Å². The van der Waals surface area contributed by atoms with Gasteiger partial charge in [0, 0.05) is 18.1 Å². The summed E-state index contributed by atoms with van der Waals surface area (Å²) in [6.45, 7) is 1.73. The van der Waals surface area contributed by atoms with Crippen LogP contribution in [-0.4, -0.2) is 20.0 Å². The van der Waals surface area contributed by atoms with Crippen molar-refractivity contribution in [2.45, 2.75) is 13.3 Å². The average Bonchev–Trinajstić information content (AvgIpc) is 2.82. The first-order valence-electron chi connectivity index (χ1n) is 6.18. The molecule has 0 fully saturated rings. The smallest absolute Gasteiger partial charge is 0.205 e. The third-order valence-electron chi connectivity index (χ3n) is 3.26. The van der Waals surface area contributed by atoms with E-state index in [1.54, 1.807) is 33.5 Å². The highest BCUT2D eigenvalue weighted by Gasteiger charge is 2.27. The molecular formula is C15H14O5. The van der Waals surface area contributed by atoms with E-state index in [0.29, 0.717) is 34.2 Å². The van der Waals surface area contributed by atoms with Gasteiger partial charge in [-0.3, -0.25) is 4.79 Å². The number of fused-ring (bicyclic) bond motifs is 2. The van der Waals surface area contributed by atoms with Crippen LogP contribution in [0.25, 0.3) is 11.0 Å². The number of carbonyl (C=O) groups excluding carboxylic acids is 1. The van der Waals surface area contributed by atoms with Crippen molar-refractivity contribution in [3.05, 3.63) is 29.7 Å². The van der Waals surface area contributed by atoms with Gasteiger partial charge in [0.15, 0.2) is 17.1 Å². The van der Waals surface area contributed by atoms with Gasteiger partial charge in [0.25, 0.3) is 0 Å². The molecule has 1 aromatic heterocycles. The second kappa shape index (κ2) is 4.59. The number of allylic oxidation sites excluding steroid dienone is 2. The molecule has 3 rings (SSSR count). The zero-order chi connectivity index (χ0) is 14.3. The van der Waals surface area contributed by atoms with Crippen molar-refractivity contribution in [3.63, 3.8) is 0 Å². The number of methoxy groups -OCH3 is 2. The zero-order valence-electron chi connectivity index (χ0n) is 11.5. The molecule has 0 radical (unpaired) electrons. The van der Waals surface area contributed by atoms with Crippen LogP contribution in [0.1, 0.15) is 12.5 Å². The van der Waals surface area contributed by atoms with Crippen LogP contribution < -0.4 is 14.2 Å². The molecule has 0 atom stereocenters. The Bertz CT molecular complexity index is 723. The molecule has 104 valence electrons. The largest absolute Gasteiger partial charge is 0.496 e. The third-order valence-corrected chi connectivity index (χ3v) is 3.26. The summed E-state index contributed by atoms with van der Waals surface area (Å²) >= 11 is 0. The molecule has 5 nitrogen and oxygen atoms in total. The van der Waals surface area contributed by atoms with Crippen molar-refractivity contribution in [1.29, 1.82) is 0 Å². The molecule has 2 aromatic rings. The quantitative estimate of drug-likeness (QED) is 0.842. The number of carbonyl (C=O) groups is 1. The van der Waals surface area contributed by atoms with Crippen molar-refractivity contribution in [2.75, 3.05) is 14.2 Å². The van der Waals surface area contributed by atoms with Gasteiger partial charge in [-0.25, -0.2) is 0 Å². The van der Waals surface area contributed by atoms with Crippen LogP contribution in [0.3, 0.4) is 0 Å². The predicted molar refractivity (Wildman–Crippen MR) is 72.4 cm³/mol. The first kappa shape index (κ1) is 12.6. The lowest BCUT2D eigenvalue weighted by atomic mass is 10.0. The molecule has 0 amide bonds. The molecule has 1 aliphatic rings. The van der Waals surface area contributed by atoms with Crippen LogP contribution in [0.15, 0.2) is 28.6 Å². The molecule has 0 saturated carbocycles. The molecule has 2 heterocycles. The zero-order valence-corrected chi connectivity index (χ0v) is 11.5. The number of ketones is 1. The van der Waals surface area contributed by atoms with Crippen molar-refractivity contribution in [3.8, 4) is 17.2 Å². The topological polar surface area (TPSA) is 57.9 Å². The van der Waals surface area contributed by atoms with E-state index in [1.165, 1.54) is 6.08 Å². The number of furan rings is 1. The molecule has 0 bridgehead atoms. The Morgan fingerprint density at radius 3 is 2.65 bits per heavy atom. The molecular weight excluding hydrogens is 260 g/mol. The number of hydrogen-bond acceptors (Lipinski definition) is 5. The first-order chi connectivity index (χ1) is 9.65. The van der Waals surface area contributed by atoms with Gasteiger partial charge in [0.2, 0.25) is 5.75 Å². The fourth-order valence-electron chi connectivity index (χ4n) is 2.50. The molecule has 1 aromatic carbocycles. The minimum atomic E-state index is -0.0375. The summed E-state index contributed by atoms with van der Waals surface area (Å²) in [6.07, 6.45) is 3.23. The lowest BCUT2D eigenvalue weighted by molar-refractivity contribution is -0.114. The maximum absolute atomic E-state index is 11.9. The number of ether oxygens (including phenoxy) is 3. The Labute approximate surface area is 115 Å². The number of benzene rings is 1. The average molecular weight is 274 g/mol. The third kappa shape index (κ3) is 1.74. The van der Waals surface area contributed by atoms with Crippen LogP contribution in [0, 0.1) is 0 Å². The van der Waals surface area contributed by atoms with Crippen LogP contribution in [-0.2, 0) is 11.2 Å².